The molecule has 1 unspecified atom stereocenters. The summed E-state index contributed by atoms with van der Waals surface area (Å²) < 4.78 is 0. The van der Waals surface area contributed by atoms with Crippen LogP contribution in [0, 0.1) is 5.41 Å². The fourth-order valence-corrected chi connectivity index (χ4v) is 2.78. The first-order valence-electron chi connectivity index (χ1n) is 6.72. The van der Waals surface area contributed by atoms with Crippen molar-refractivity contribution >= 4 is 5.91 Å². The number of hydrogen-bond acceptors (Lipinski definition) is 2. The van der Waals surface area contributed by atoms with Gasteiger partial charge in [0, 0.05) is 6.54 Å². The van der Waals surface area contributed by atoms with Crippen LogP contribution in [0.15, 0.2) is 24.3 Å². The van der Waals surface area contributed by atoms with E-state index in [9.17, 15) is 9.90 Å². The highest BCUT2D eigenvalue weighted by Crippen LogP contribution is 2.35. The summed E-state index contributed by atoms with van der Waals surface area (Å²) in [5.74, 6) is 0.443. The molecule has 1 amide bonds. The lowest BCUT2D eigenvalue weighted by atomic mass is 9.75. The Labute approximate surface area is 108 Å². The van der Waals surface area contributed by atoms with E-state index in [2.05, 4.69) is 12.2 Å². The third-order valence-electron chi connectivity index (χ3n) is 3.98. The zero-order valence-corrected chi connectivity index (χ0v) is 10.9. The van der Waals surface area contributed by atoms with E-state index in [0.717, 1.165) is 37.8 Å². The van der Waals surface area contributed by atoms with Crippen molar-refractivity contribution in [2.75, 3.05) is 6.54 Å². The van der Waals surface area contributed by atoms with Crippen molar-refractivity contribution in [1.29, 1.82) is 0 Å². The first kappa shape index (κ1) is 12.9. The molecule has 1 aromatic carbocycles. The quantitative estimate of drug-likeness (QED) is 0.862. The van der Waals surface area contributed by atoms with Gasteiger partial charge in [0.15, 0.2) is 0 Å². The fourth-order valence-electron chi connectivity index (χ4n) is 2.78. The zero-order chi connectivity index (χ0) is 13.0. The molecular formula is C15H21NO2. The minimum Gasteiger partial charge on any atom is -0.508 e. The number of benzene rings is 1. The highest BCUT2D eigenvalue weighted by Gasteiger charge is 2.37. The van der Waals surface area contributed by atoms with Gasteiger partial charge < -0.3 is 10.4 Å². The van der Waals surface area contributed by atoms with Crippen LogP contribution in [0.2, 0.25) is 0 Å². The second kappa shape index (κ2) is 5.42. The molecule has 0 saturated carbocycles. The van der Waals surface area contributed by atoms with Gasteiger partial charge in [-0.1, -0.05) is 25.5 Å². The zero-order valence-electron chi connectivity index (χ0n) is 10.9. The summed E-state index contributed by atoms with van der Waals surface area (Å²) in [5.41, 5.74) is 0.735. The van der Waals surface area contributed by atoms with Crippen molar-refractivity contribution in [2.45, 2.75) is 39.0 Å². The van der Waals surface area contributed by atoms with Crippen molar-refractivity contribution < 1.29 is 9.90 Å². The average molecular weight is 247 g/mol. The predicted molar refractivity (Wildman–Crippen MR) is 71.4 cm³/mol. The van der Waals surface area contributed by atoms with Gasteiger partial charge in [0.1, 0.15) is 5.75 Å². The maximum Gasteiger partial charge on any atom is 0.226 e. The maximum atomic E-state index is 12.3. The van der Waals surface area contributed by atoms with Crippen molar-refractivity contribution in [3.63, 3.8) is 0 Å². The van der Waals surface area contributed by atoms with Crippen LogP contribution in [0.4, 0.5) is 0 Å². The summed E-state index contributed by atoms with van der Waals surface area (Å²) in [6.07, 6.45) is 4.64. The smallest absolute Gasteiger partial charge is 0.226 e. The Bertz CT molecular complexity index is 430. The standard InChI is InChI=1S/C15H21NO2/c1-2-15(8-3-4-9-16-14(15)18)11-12-6-5-7-13(17)10-12/h5-7,10,17H,2-4,8-9,11H2,1H3,(H,16,18). The molecule has 2 N–H and O–H groups in total. The normalized spacial score (nSPS) is 24.4. The van der Waals surface area contributed by atoms with Crippen LogP contribution in [0.25, 0.3) is 0 Å². The monoisotopic (exact) mass is 247 g/mol. The maximum absolute atomic E-state index is 12.3. The molecule has 0 radical (unpaired) electrons. The van der Waals surface area contributed by atoms with Crippen LogP contribution in [0.5, 0.6) is 5.75 Å². The average Bonchev–Trinajstić information content (AvgIpc) is 2.53. The summed E-state index contributed by atoms with van der Waals surface area (Å²) in [5, 5.41) is 12.5. The molecule has 0 aromatic heterocycles. The molecule has 0 bridgehead atoms. The van der Waals surface area contributed by atoms with E-state index in [4.69, 9.17) is 0 Å². The second-order valence-corrected chi connectivity index (χ2v) is 5.19. The molecule has 0 spiro atoms. The van der Waals surface area contributed by atoms with Gasteiger partial charge in [0.2, 0.25) is 5.91 Å². The molecule has 2 rings (SSSR count). The molecule has 1 fully saturated rings. The first-order valence-corrected chi connectivity index (χ1v) is 6.72. The summed E-state index contributed by atoms with van der Waals surface area (Å²) in [6, 6.07) is 7.24. The van der Waals surface area contributed by atoms with Crippen LogP contribution in [-0.2, 0) is 11.2 Å². The van der Waals surface area contributed by atoms with E-state index < -0.39 is 0 Å². The molecular weight excluding hydrogens is 226 g/mol. The fraction of sp³-hybridized carbons (Fsp3) is 0.533. The lowest BCUT2D eigenvalue weighted by Crippen LogP contribution is -2.40. The SMILES string of the molecule is CCC1(Cc2cccc(O)c2)CCCCNC1=O. The van der Waals surface area contributed by atoms with Crippen molar-refractivity contribution in [3.8, 4) is 5.75 Å². The Morgan fingerprint density at radius 3 is 2.94 bits per heavy atom. The van der Waals surface area contributed by atoms with Crippen LogP contribution in [0.3, 0.4) is 0 Å². The van der Waals surface area contributed by atoms with Gasteiger partial charge >= 0.3 is 0 Å². The van der Waals surface area contributed by atoms with Gasteiger partial charge in [-0.05, 0) is 43.4 Å². The summed E-state index contributed by atoms with van der Waals surface area (Å²) >= 11 is 0. The highest BCUT2D eigenvalue weighted by atomic mass is 16.3. The minimum absolute atomic E-state index is 0.172. The van der Waals surface area contributed by atoms with Gasteiger partial charge in [-0.15, -0.1) is 0 Å². The predicted octanol–water partition coefficient (Wildman–Crippen LogP) is 2.63. The molecule has 1 heterocycles. The summed E-state index contributed by atoms with van der Waals surface area (Å²) in [6.45, 7) is 2.87. The topological polar surface area (TPSA) is 49.3 Å². The number of hydrogen-bond donors (Lipinski definition) is 2. The molecule has 3 nitrogen and oxygen atoms in total. The number of nitrogens with one attached hydrogen (secondary N) is 1. The third-order valence-corrected chi connectivity index (χ3v) is 3.98. The first-order chi connectivity index (χ1) is 8.66. The van der Waals surface area contributed by atoms with E-state index in [1.165, 1.54) is 0 Å². The number of carbonyl (C=O) groups is 1. The minimum atomic E-state index is -0.301. The summed E-state index contributed by atoms with van der Waals surface area (Å²) in [7, 11) is 0. The lowest BCUT2D eigenvalue weighted by molar-refractivity contribution is -0.131. The van der Waals surface area contributed by atoms with Crippen LogP contribution in [0.1, 0.15) is 38.2 Å². The van der Waals surface area contributed by atoms with E-state index in [-0.39, 0.29) is 17.1 Å². The number of carbonyl (C=O) groups excluding carboxylic acids is 1. The Balaban J connectivity index is 2.23. The largest absolute Gasteiger partial charge is 0.508 e. The van der Waals surface area contributed by atoms with Crippen LogP contribution in [-0.4, -0.2) is 17.6 Å². The van der Waals surface area contributed by atoms with Crippen LogP contribution >= 0.6 is 0 Å². The molecule has 1 aliphatic heterocycles. The molecule has 1 aliphatic rings. The van der Waals surface area contributed by atoms with E-state index in [0.29, 0.717) is 6.42 Å². The summed E-state index contributed by atoms with van der Waals surface area (Å²) in [4.78, 5) is 12.3. The third kappa shape index (κ3) is 2.66. The van der Waals surface area contributed by atoms with E-state index in [1.54, 1.807) is 12.1 Å². The van der Waals surface area contributed by atoms with Gasteiger partial charge in [0.05, 0.1) is 5.41 Å². The number of aromatic hydroxyl groups is 1. The Hall–Kier alpha value is -1.51. The Morgan fingerprint density at radius 1 is 1.39 bits per heavy atom. The Morgan fingerprint density at radius 2 is 2.22 bits per heavy atom. The molecule has 1 aromatic rings. The van der Waals surface area contributed by atoms with Gasteiger partial charge in [0.25, 0.3) is 0 Å². The van der Waals surface area contributed by atoms with Crippen LogP contribution < -0.4 is 5.32 Å². The van der Waals surface area contributed by atoms with Crippen molar-refractivity contribution in [1.82, 2.24) is 5.32 Å². The van der Waals surface area contributed by atoms with Gasteiger partial charge in [-0.2, -0.15) is 0 Å². The van der Waals surface area contributed by atoms with Gasteiger partial charge in [-0.25, -0.2) is 0 Å². The van der Waals surface area contributed by atoms with E-state index >= 15 is 0 Å². The molecule has 0 aliphatic carbocycles. The highest BCUT2D eigenvalue weighted by molar-refractivity contribution is 5.83. The second-order valence-electron chi connectivity index (χ2n) is 5.19. The lowest BCUT2D eigenvalue weighted by Gasteiger charge is -2.29. The molecule has 1 saturated heterocycles. The molecule has 18 heavy (non-hydrogen) atoms. The number of phenols is 1. The van der Waals surface area contributed by atoms with Crippen molar-refractivity contribution in [2.24, 2.45) is 5.41 Å². The molecule has 3 heteroatoms. The number of phenolic OH excluding ortho intramolecular Hbond substituents is 1. The van der Waals surface area contributed by atoms with Crippen molar-refractivity contribution in [3.05, 3.63) is 29.8 Å². The number of amides is 1. The Kier molecular flexibility index (Phi) is 3.90. The van der Waals surface area contributed by atoms with E-state index in [1.807, 2.05) is 12.1 Å². The number of rotatable bonds is 3. The molecule has 98 valence electrons. The van der Waals surface area contributed by atoms with Gasteiger partial charge in [-0.3, -0.25) is 4.79 Å². The molecule has 1 atom stereocenters.